The van der Waals surface area contributed by atoms with Gasteiger partial charge in [-0.05, 0) is 83.5 Å². The number of amides is 1. The quantitative estimate of drug-likeness (QED) is 0.0328. The normalized spacial score (nSPS) is 13.2. The van der Waals surface area contributed by atoms with Gasteiger partial charge < -0.3 is 20.3 Å². The predicted octanol–water partition coefficient (Wildman–Crippen LogP) is 13.1. The molecule has 0 fully saturated rings. The molecule has 0 aromatic carbocycles. The van der Waals surface area contributed by atoms with Crippen molar-refractivity contribution in [2.45, 2.75) is 231 Å². The van der Waals surface area contributed by atoms with Crippen molar-refractivity contribution < 1.29 is 24.5 Å². The van der Waals surface area contributed by atoms with Gasteiger partial charge in [0.05, 0.1) is 25.4 Å². The number of aliphatic hydroxyl groups is 2. The molecule has 0 aromatic rings. The molecule has 0 heterocycles. The fourth-order valence-corrected chi connectivity index (χ4v) is 6.49. The zero-order chi connectivity index (χ0) is 39.4. The highest BCUT2D eigenvalue weighted by molar-refractivity contribution is 5.76. The lowest BCUT2D eigenvalue weighted by molar-refractivity contribution is -0.143. The average Bonchev–Trinajstić information content (AvgIpc) is 3.17. The number of esters is 1. The predicted molar refractivity (Wildman–Crippen MR) is 232 cm³/mol. The van der Waals surface area contributed by atoms with E-state index >= 15 is 0 Å². The number of nitrogens with one attached hydrogen (secondary N) is 1. The summed E-state index contributed by atoms with van der Waals surface area (Å²) in [5.74, 6) is -0.162. The first-order valence-corrected chi connectivity index (χ1v) is 22.9. The van der Waals surface area contributed by atoms with Crippen LogP contribution in [0.25, 0.3) is 0 Å². The Kier molecular flexibility index (Phi) is 41.8. The summed E-state index contributed by atoms with van der Waals surface area (Å²) >= 11 is 0. The van der Waals surface area contributed by atoms with E-state index in [1.165, 1.54) is 103 Å². The van der Waals surface area contributed by atoms with Gasteiger partial charge >= 0.3 is 5.97 Å². The molecule has 0 rings (SSSR count). The van der Waals surface area contributed by atoms with Crippen LogP contribution in [0.1, 0.15) is 219 Å². The van der Waals surface area contributed by atoms with E-state index in [9.17, 15) is 19.8 Å². The van der Waals surface area contributed by atoms with Gasteiger partial charge in [-0.25, -0.2) is 0 Å². The van der Waals surface area contributed by atoms with Gasteiger partial charge in [0.2, 0.25) is 5.91 Å². The average molecular weight is 758 g/mol. The molecule has 0 saturated carbocycles. The van der Waals surface area contributed by atoms with Crippen LogP contribution in [0.15, 0.2) is 48.6 Å². The molecule has 0 bridgehead atoms. The molecule has 2 atom stereocenters. The first kappa shape index (κ1) is 51.8. The standard InChI is InChI=1S/C48H87NO5/c1-3-5-7-9-11-13-15-17-19-20-24-28-32-36-40-46(51)45(44-50)49-47(52)41-37-33-29-25-22-23-27-31-35-39-43-54-48(53)42-38-34-30-26-21-18-16-14-12-10-8-6-4-2/h8,10,14,16,23,27,36,40,45-46,50-51H,3-7,9,11-13,15,17-22,24-26,28-35,37-39,41-44H2,1-2H3,(H,49,52)/b10-8-,16-14-,27-23-,40-36+. The molecule has 0 aliphatic rings. The van der Waals surface area contributed by atoms with E-state index in [2.05, 4.69) is 55.6 Å². The van der Waals surface area contributed by atoms with E-state index in [1.807, 2.05) is 6.08 Å². The van der Waals surface area contributed by atoms with Gasteiger partial charge in [0, 0.05) is 12.8 Å². The van der Waals surface area contributed by atoms with Crippen molar-refractivity contribution >= 4 is 11.9 Å². The van der Waals surface area contributed by atoms with Crippen LogP contribution in [0, 0.1) is 0 Å². The molecule has 0 saturated heterocycles. The molecule has 314 valence electrons. The molecule has 0 aromatic heterocycles. The molecule has 1 amide bonds. The molecule has 2 unspecified atom stereocenters. The van der Waals surface area contributed by atoms with Crippen LogP contribution in [-0.4, -0.2) is 47.4 Å². The van der Waals surface area contributed by atoms with E-state index in [0.717, 1.165) is 89.9 Å². The number of carbonyl (C=O) groups is 2. The highest BCUT2D eigenvalue weighted by atomic mass is 16.5. The fraction of sp³-hybridized carbons (Fsp3) is 0.792. The number of aliphatic hydroxyl groups excluding tert-OH is 2. The smallest absolute Gasteiger partial charge is 0.305 e. The van der Waals surface area contributed by atoms with Crippen molar-refractivity contribution in [3.63, 3.8) is 0 Å². The summed E-state index contributed by atoms with van der Waals surface area (Å²) < 4.78 is 5.40. The minimum atomic E-state index is -0.867. The molecule has 0 radical (unpaired) electrons. The summed E-state index contributed by atoms with van der Waals surface area (Å²) in [4.78, 5) is 24.3. The summed E-state index contributed by atoms with van der Waals surface area (Å²) in [6.45, 7) is 4.72. The molecule has 0 aliphatic heterocycles. The summed E-state index contributed by atoms with van der Waals surface area (Å²) in [5.41, 5.74) is 0. The van der Waals surface area contributed by atoms with E-state index in [0.29, 0.717) is 19.4 Å². The number of hydrogen-bond acceptors (Lipinski definition) is 5. The Morgan fingerprint density at radius 1 is 0.519 bits per heavy atom. The van der Waals surface area contributed by atoms with Crippen molar-refractivity contribution in [1.82, 2.24) is 5.32 Å². The summed E-state index contributed by atoms with van der Waals surface area (Å²) in [6.07, 6.45) is 52.4. The molecule has 6 heteroatoms. The Bertz CT molecular complexity index is 926. The monoisotopic (exact) mass is 758 g/mol. The van der Waals surface area contributed by atoms with Crippen LogP contribution in [-0.2, 0) is 14.3 Å². The van der Waals surface area contributed by atoms with E-state index in [4.69, 9.17) is 4.74 Å². The molecule has 0 spiro atoms. The van der Waals surface area contributed by atoms with E-state index in [1.54, 1.807) is 6.08 Å². The van der Waals surface area contributed by atoms with Crippen LogP contribution < -0.4 is 5.32 Å². The maximum absolute atomic E-state index is 12.4. The molecule has 3 N–H and O–H groups in total. The number of unbranched alkanes of at least 4 members (excludes halogenated alkanes) is 24. The first-order valence-electron chi connectivity index (χ1n) is 22.9. The van der Waals surface area contributed by atoms with Gasteiger partial charge in [0.1, 0.15) is 0 Å². The second-order valence-electron chi connectivity index (χ2n) is 15.4. The third-order valence-electron chi connectivity index (χ3n) is 10.0. The third kappa shape index (κ3) is 39.5. The Morgan fingerprint density at radius 3 is 1.50 bits per heavy atom. The summed E-state index contributed by atoms with van der Waals surface area (Å²) in [6, 6.07) is -0.654. The van der Waals surface area contributed by atoms with Crippen LogP contribution >= 0.6 is 0 Å². The van der Waals surface area contributed by atoms with Crippen molar-refractivity contribution in [3.8, 4) is 0 Å². The zero-order valence-electron chi connectivity index (χ0n) is 35.4. The van der Waals surface area contributed by atoms with Crippen LogP contribution in [0.4, 0.5) is 0 Å². The van der Waals surface area contributed by atoms with Crippen LogP contribution in [0.5, 0.6) is 0 Å². The third-order valence-corrected chi connectivity index (χ3v) is 10.0. The van der Waals surface area contributed by atoms with Crippen molar-refractivity contribution in [3.05, 3.63) is 48.6 Å². The molecular formula is C48H87NO5. The van der Waals surface area contributed by atoms with Crippen molar-refractivity contribution in [2.75, 3.05) is 13.2 Å². The minimum Gasteiger partial charge on any atom is -0.466 e. The first-order chi connectivity index (χ1) is 26.5. The Morgan fingerprint density at radius 2 is 0.963 bits per heavy atom. The second kappa shape index (κ2) is 43.5. The van der Waals surface area contributed by atoms with Gasteiger partial charge in [0.25, 0.3) is 0 Å². The largest absolute Gasteiger partial charge is 0.466 e. The van der Waals surface area contributed by atoms with Gasteiger partial charge in [-0.1, -0.05) is 172 Å². The second-order valence-corrected chi connectivity index (χ2v) is 15.4. The van der Waals surface area contributed by atoms with Gasteiger partial charge in [-0.3, -0.25) is 9.59 Å². The SMILES string of the molecule is CCC/C=C\C/C=C\CCCCCCCC(=O)OCCCC/C=C\CCCCCCC(=O)NC(CO)C(O)/C=C/CCCCCCCCCCCCCC. The molecule has 0 aliphatic carbocycles. The molecular weight excluding hydrogens is 671 g/mol. The number of rotatable bonds is 41. The lowest BCUT2D eigenvalue weighted by Crippen LogP contribution is -2.45. The van der Waals surface area contributed by atoms with Crippen molar-refractivity contribution in [1.29, 1.82) is 0 Å². The maximum Gasteiger partial charge on any atom is 0.305 e. The summed E-state index contributed by atoms with van der Waals surface area (Å²) in [5, 5.41) is 23.0. The highest BCUT2D eigenvalue weighted by Gasteiger charge is 2.18. The Hall–Kier alpha value is -2.18. The highest BCUT2D eigenvalue weighted by Crippen LogP contribution is 2.14. The van der Waals surface area contributed by atoms with Crippen molar-refractivity contribution in [2.24, 2.45) is 0 Å². The lowest BCUT2D eigenvalue weighted by atomic mass is 10.0. The topological polar surface area (TPSA) is 95.9 Å². The zero-order valence-corrected chi connectivity index (χ0v) is 35.4. The number of hydrogen-bond donors (Lipinski definition) is 3. The Balaban J connectivity index is 3.61. The lowest BCUT2D eigenvalue weighted by Gasteiger charge is -2.20. The van der Waals surface area contributed by atoms with E-state index < -0.39 is 12.1 Å². The molecule has 6 nitrogen and oxygen atoms in total. The Labute approximate surface area is 334 Å². The van der Waals surface area contributed by atoms with Crippen LogP contribution in [0.3, 0.4) is 0 Å². The number of ether oxygens (including phenoxy) is 1. The maximum atomic E-state index is 12.4. The van der Waals surface area contributed by atoms with Gasteiger partial charge in [0.15, 0.2) is 0 Å². The summed E-state index contributed by atoms with van der Waals surface area (Å²) in [7, 11) is 0. The van der Waals surface area contributed by atoms with E-state index in [-0.39, 0.29) is 18.5 Å². The van der Waals surface area contributed by atoms with Gasteiger partial charge in [-0.2, -0.15) is 0 Å². The minimum absolute atomic E-state index is 0.0551. The molecule has 54 heavy (non-hydrogen) atoms. The van der Waals surface area contributed by atoms with Gasteiger partial charge in [-0.15, -0.1) is 0 Å². The van der Waals surface area contributed by atoms with Crippen LogP contribution in [0.2, 0.25) is 0 Å². The number of allylic oxidation sites excluding steroid dienone is 7. The fourth-order valence-electron chi connectivity index (χ4n) is 6.49. The number of carbonyl (C=O) groups excluding carboxylic acids is 2.